The Morgan fingerprint density at radius 3 is 2.62 bits per heavy atom. The van der Waals surface area contributed by atoms with Crippen molar-refractivity contribution in [2.24, 2.45) is 5.90 Å². The Labute approximate surface area is 177 Å². The first kappa shape index (κ1) is 24.9. The van der Waals surface area contributed by atoms with Gasteiger partial charge in [-0.3, -0.25) is 14.3 Å². The first-order valence-electron chi connectivity index (χ1n) is 8.13. The number of hydrogen-bond acceptors (Lipinski definition) is 15. The van der Waals surface area contributed by atoms with Crippen LogP contribution < -0.4 is 17.2 Å². The molecule has 178 valence electrons. The molecule has 0 radical (unpaired) electrons. The van der Waals surface area contributed by atoms with Crippen LogP contribution in [0.25, 0.3) is 11.2 Å². The number of aromatic amines is 1. The Balaban J connectivity index is 1.69. The molecule has 32 heavy (non-hydrogen) atoms. The van der Waals surface area contributed by atoms with Gasteiger partial charge < -0.3 is 30.5 Å². The van der Waals surface area contributed by atoms with Crippen molar-refractivity contribution >= 4 is 41.0 Å². The van der Waals surface area contributed by atoms with Crippen molar-refractivity contribution in [3.05, 3.63) is 16.7 Å². The smallest absolute Gasteiger partial charge is 0.387 e. The molecule has 0 spiro atoms. The van der Waals surface area contributed by atoms with E-state index in [4.69, 9.17) is 20.3 Å². The van der Waals surface area contributed by atoms with Crippen LogP contribution in [-0.4, -0.2) is 64.4 Å². The van der Waals surface area contributed by atoms with Crippen LogP contribution in [0.5, 0.6) is 0 Å². The maximum atomic E-state index is 11.9. The van der Waals surface area contributed by atoms with E-state index < -0.39 is 60.6 Å². The molecule has 6 atom stereocenters. The van der Waals surface area contributed by atoms with Crippen molar-refractivity contribution in [3.8, 4) is 0 Å². The van der Waals surface area contributed by atoms with Gasteiger partial charge in [-0.25, -0.2) is 20.0 Å². The number of H-pyrrole nitrogens is 1. The van der Waals surface area contributed by atoms with Gasteiger partial charge in [-0.1, -0.05) is 0 Å². The number of phosphoric acid groups is 2. The lowest BCUT2D eigenvalue weighted by Gasteiger charge is -2.16. The molecule has 1 aliphatic rings. The molecule has 22 heteroatoms. The number of fused-ring (bicyclic) bond motifs is 1. The summed E-state index contributed by atoms with van der Waals surface area (Å²) in [6.45, 7) is -0.743. The molecule has 9 N–H and O–H groups in total. The van der Waals surface area contributed by atoms with Crippen LogP contribution >= 0.6 is 23.9 Å². The van der Waals surface area contributed by atoms with Crippen molar-refractivity contribution < 1.29 is 56.2 Å². The molecule has 1 fully saturated rings. The van der Waals surface area contributed by atoms with Gasteiger partial charge in [-0.05, 0) is 4.31 Å². The van der Waals surface area contributed by atoms with Gasteiger partial charge in [0.25, 0.3) is 5.56 Å². The summed E-state index contributed by atoms with van der Waals surface area (Å²) < 4.78 is 57.1. The summed E-state index contributed by atoms with van der Waals surface area (Å²) in [6.07, 6.45) is -4.79. The average molecular weight is 521 g/mol. The average Bonchev–Trinajstić information content (AvgIpc) is 3.20. The summed E-state index contributed by atoms with van der Waals surface area (Å²) in [6, 6.07) is 0. The van der Waals surface area contributed by atoms with Crippen molar-refractivity contribution in [1.29, 1.82) is 0 Å². The van der Waals surface area contributed by atoms with Crippen molar-refractivity contribution in [2.75, 3.05) is 12.3 Å². The lowest BCUT2D eigenvalue weighted by atomic mass is 10.1. The van der Waals surface area contributed by atoms with Gasteiger partial charge in [-0.2, -0.15) is 13.9 Å². The second-order valence-electron chi connectivity index (χ2n) is 6.05. The van der Waals surface area contributed by atoms with Gasteiger partial charge in [0.15, 0.2) is 17.4 Å². The molecule has 0 aliphatic carbocycles. The van der Waals surface area contributed by atoms with Crippen LogP contribution in [-0.2, 0) is 36.2 Å². The summed E-state index contributed by atoms with van der Waals surface area (Å²) in [5, 5.41) is 20.5. The second kappa shape index (κ2) is 9.28. The molecule has 3 heterocycles. The van der Waals surface area contributed by atoms with E-state index in [1.807, 2.05) is 0 Å². The van der Waals surface area contributed by atoms with E-state index in [0.29, 0.717) is 0 Å². The zero-order valence-corrected chi connectivity index (χ0v) is 18.1. The topological polar surface area (TPSA) is 294 Å². The first-order valence-corrected chi connectivity index (χ1v) is 12.2. The Hall–Kier alpha value is -1.69. The molecule has 0 saturated carbocycles. The van der Waals surface area contributed by atoms with Gasteiger partial charge in [0.2, 0.25) is 5.95 Å². The number of imidazole rings is 1. The summed E-state index contributed by atoms with van der Waals surface area (Å²) in [4.78, 5) is 39.1. The molecule has 0 aromatic carbocycles. The quantitative estimate of drug-likeness (QED) is 0.140. The van der Waals surface area contributed by atoms with E-state index in [2.05, 4.69) is 38.6 Å². The van der Waals surface area contributed by atoms with E-state index in [9.17, 15) is 28.7 Å². The number of aliphatic hydroxyl groups excluding tert-OH is 2. The summed E-state index contributed by atoms with van der Waals surface area (Å²) in [5.74, 6) is 4.33. The Morgan fingerprint density at radius 1 is 1.31 bits per heavy atom. The molecule has 2 aromatic rings. The number of ether oxygens (including phenoxy) is 1. The lowest BCUT2D eigenvalue weighted by Crippen LogP contribution is -2.33. The first-order chi connectivity index (χ1) is 14.8. The fraction of sp³-hybridized carbons (Fsp3) is 0.500. The SMILES string of the molecule is NOP(=O)(O[P+](=O)OC[C@H]1O[C@@H](n2cnc3c(=O)[nH]c(N)nc32)[C@H](O)[C@@H]1O)OP(=O)(O)O. The van der Waals surface area contributed by atoms with Gasteiger partial charge in [0.05, 0.1) is 6.33 Å². The third kappa shape index (κ3) is 5.44. The fourth-order valence-electron chi connectivity index (χ4n) is 2.65. The van der Waals surface area contributed by atoms with Crippen LogP contribution in [0.2, 0.25) is 0 Å². The number of anilines is 1. The third-order valence-corrected chi connectivity index (χ3v) is 7.51. The van der Waals surface area contributed by atoms with Gasteiger partial charge in [-0.15, -0.1) is 4.52 Å². The van der Waals surface area contributed by atoms with Crippen molar-refractivity contribution in [2.45, 2.75) is 24.5 Å². The zero-order chi connectivity index (χ0) is 23.8. The molecule has 1 saturated heterocycles. The monoisotopic (exact) mass is 521 g/mol. The third-order valence-electron chi connectivity index (χ3n) is 3.91. The minimum Gasteiger partial charge on any atom is -0.387 e. The van der Waals surface area contributed by atoms with Gasteiger partial charge in [0.1, 0.15) is 24.9 Å². The second-order valence-corrected chi connectivity index (χ2v) is 10.1. The minimum absolute atomic E-state index is 0.0610. The lowest BCUT2D eigenvalue weighted by molar-refractivity contribution is -0.0476. The van der Waals surface area contributed by atoms with Crippen LogP contribution in [0.3, 0.4) is 0 Å². The number of nitrogens with zero attached hydrogens (tertiary/aromatic N) is 3. The minimum atomic E-state index is -5.40. The molecule has 1 aliphatic heterocycles. The maximum Gasteiger partial charge on any atom is 0.708 e. The number of aromatic nitrogens is 4. The Kier molecular flexibility index (Phi) is 7.23. The van der Waals surface area contributed by atoms with Crippen LogP contribution in [0.1, 0.15) is 6.23 Å². The molecule has 2 aromatic heterocycles. The number of aliphatic hydroxyl groups is 2. The van der Waals surface area contributed by atoms with E-state index >= 15 is 0 Å². The van der Waals surface area contributed by atoms with Crippen LogP contribution in [0.15, 0.2) is 11.1 Å². The van der Waals surface area contributed by atoms with Crippen molar-refractivity contribution in [1.82, 2.24) is 19.5 Å². The highest BCUT2D eigenvalue weighted by atomic mass is 31.3. The highest BCUT2D eigenvalue weighted by Crippen LogP contribution is 2.64. The fourth-order valence-corrected chi connectivity index (χ4v) is 5.50. The largest absolute Gasteiger partial charge is 0.708 e. The van der Waals surface area contributed by atoms with E-state index in [0.717, 1.165) is 10.9 Å². The molecule has 0 amide bonds. The number of hydrogen-bond donors (Lipinski definition) is 7. The van der Waals surface area contributed by atoms with Gasteiger partial charge in [0, 0.05) is 4.57 Å². The normalized spacial score (nSPS) is 26.3. The van der Waals surface area contributed by atoms with E-state index in [1.165, 1.54) is 0 Å². The summed E-state index contributed by atoms with van der Waals surface area (Å²) in [5.41, 5.74) is 4.66. The number of rotatable bonds is 9. The number of nitrogens with two attached hydrogens (primary N) is 2. The highest BCUT2D eigenvalue weighted by molar-refractivity contribution is 7.64. The van der Waals surface area contributed by atoms with E-state index in [1.54, 1.807) is 0 Å². The predicted octanol–water partition coefficient (Wildman–Crippen LogP) is -1.88. The zero-order valence-electron chi connectivity index (χ0n) is 15.4. The predicted molar refractivity (Wildman–Crippen MR) is 99.1 cm³/mol. The maximum absolute atomic E-state index is 11.9. The van der Waals surface area contributed by atoms with Crippen LogP contribution in [0.4, 0.5) is 5.95 Å². The highest BCUT2D eigenvalue weighted by Gasteiger charge is 2.49. The molecular formula is C10H16N6O13P3+. The molecule has 2 unspecified atom stereocenters. The standard InChI is InChI=1S/C10H15N6O13P3/c11-10-14-7-4(8(19)15-10)13-2-16(7)9-6(18)5(17)3(26-9)1-25-30(20)28-32(24,27-12)29-31(21,22)23/h2-3,5-6,9,17-18H,1,12H2,(H4-,11,14,15,19,21,22,23)/p+1/t3-,5-,6-,9-,32?/m1/s1. The number of nitrogen functional groups attached to an aromatic ring is 1. The van der Waals surface area contributed by atoms with Crippen molar-refractivity contribution in [3.63, 3.8) is 0 Å². The Bertz CT molecular complexity index is 1160. The molecule has 19 nitrogen and oxygen atoms in total. The van der Waals surface area contributed by atoms with Crippen LogP contribution in [0, 0.1) is 0 Å². The summed E-state index contributed by atoms with van der Waals surface area (Å²) in [7, 11) is -14.0. The molecule has 3 rings (SSSR count). The molecular weight excluding hydrogens is 505 g/mol. The van der Waals surface area contributed by atoms with E-state index in [-0.39, 0.29) is 17.1 Å². The Morgan fingerprint density at radius 2 is 2.00 bits per heavy atom. The number of nitrogens with one attached hydrogen (secondary N) is 1. The summed E-state index contributed by atoms with van der Waals surface area (Å²) >= 11 is 0. The molecule has 0 bridgehead atoms. The van der Waals surface area contributed by atoms with Gasteiger partial charge >= 0.3 is 23.9 Å².